The maximum absolute atomic E-state index is 11.9. The number of hydrogen-bond donors (Lipinski definition) is 1. The lowest BCUT2D eigenvalue weighted by molar-refractivity contribution is -0.121. The quantitative estimate of drug-likeness (QED) is 0.878. The summed E-state index contributed by atoms with van der Waals surface area (Å²) in [5.41, 5.74) is 1.05. The number of amides is 1. The number of rotatable bonds is 6. The third-order valence-electron chi connectivity index (χ3n) is 3.49. The summed E-state index contributed by atoms with van der Waals surface area (Å²) < 4.78 is 7.73. The van der Waals surface area contributed by atoms with Crippen LogP contribution in [-0.4, -0.2) is 23.1 Å². The summed E-state index contributed by atoms with van der Waals surface area (Å²) in [6.07, 6.45) is 5.18. The van der Waals surface area contributed by atoms with Gasteiger partial charge in [-0.05, 0) is 37.5 Å². The second-order valence-electron chi connectivity index (χ2n) is 5.32. The largest absolute Gasteiger partial charge is 0.493 e. The van der Waals surface area contributed by atoms with Gasteiger partial charge in [0, 0.05) is 17.6 Å². The number of ether oxygens (including phenoxy) is 1. The van der Waals surface area contributed by atoms with Crippen molar-refractivity contribution in [2.75, 3.05) is 6.61 Å². The standard InChI is InChI=1S/C16H20N2O2/c1-2-10-20-15-5-3-4-14-13(15)8-9-18(14)11-16(19)17-12-6-7-12/h3-5,8-9,12H,2,6-7,10-11H2,1H3,(H,17,19). The molecule has 0 unspecified atom stereocenters. The first-order valence-electron chi connectivity index (χ1n) is 7.28. The van der Waals surface area contributed by atoms with Crippen molar-refractivity contribution in [1.82, 2.24) is 9.88 Å². The van der Waals surface area contributed by atoms with Crippen LogP contribution in [0.1, 0.15) is 26.2 Å². The Morgan fingerprint density at radius 3 is 3.00 bits per heavy atom. The van der Waals surface area contributed by atoms with E-state index in [0.29, 0.717) is 19.2 Å². The van der Waals surface area contributed by atoms with Gasteiger partial charge in [0.2, 0.25) is 5.91 Å². The molecular formula is C16H20N2O2. The number of aromatic nitrogens is 1. The van der Waals surface area contributed by atoms with E-state index in [0.717, 1.165) is 35.9 Å². The van der Waals surface area contributed by atoms with Crippen molar-refractivity contribution in [3.8, 4) is 5.75 Å². The highest BCUT2D eigenvalue weighted by molar-refractivity contribution is 5.88. The van der Waals surface area contributed by atoms with Crippen LogP contribution >= 0.6 is 0 Å². The van der Waals surface area contributed by atoms with Crippen molar-refractivity contribution in [2.45, 2.75) is 38.8 Å². The molecule has 0 spiro atoms. The summed E-state index contributed by atoms with van der Waals surface area (Å²) in [5.74, 6) is 0.982. The minimum absolute atomic E-state index is 0.0879. The summed E-state index contributed by atoms with van der Waals surface area (Å²) in [5, 5.41) is 4.08. The minimum Gasteiger partial charge on any atom is -0.493 e. The van der Waals surface area contributed by atoms with E-state index in [1.54, 1.807) is 0 Å². The Labute approximate surface area is 118 Å². The smallest absolute Gasteiger partial charge is 0.240 e. The highest BCUT2D eigenvalue weighted by Crippen LogP contribution is 2.27. The van der Waals surface area contributed by atoms with Crippen LogP contribution in [0, 0.1) is 0 Å². The van der Waals surface area contributed by atoms with E-state index < -0.39 is 0 Å². The fourth-order valence-electron chi connectivity index (χ4n) is 2.33. The van der Waals surface area contributed by atoms with Gasteiger partial charge in [-0.2, -0.15) is 0 Å². The highest BCUT2D eigenvalue weighted by Gasteiger charge is 2.23. The highest BCUT2D eigenvalue weighted by atomic mass is 16.5. The van der Waals surface area contributed by atoms with Crippen LogP contribution in [0.2, 0.25) is 0 Å². The summed E-state index contributed by atoms with van der Waals surface area (Å²) in [4.78, 5) is 11.9. The Balaban J connectivity index is 1.79. The average molecular weight is 272 g/mol. The number of benzene rings is 1. The van der Waals surface area contributed by atoms with Crippen LogP contribution in [0.15, 0.2) is 30.5 Å². The molecule has 20 heavy (non-hydrogen) atoms. The third kappa shape index (κ3) is 2.79. The van der Waals surface area contributed by atoms with Gasteiger partial charge in [0.05, 0.1) is 12.1 Å². The summed E-state index contributed by atoms with van der Waals surface area (Å²) in [6.45, 7) is 3.18. The third-order valence-corrected chi connectivity index (χ3v) is 3.49. The van der Waals surface area contributed by atoms with E-state index in [9.17, 15) is 4.79 Å². The molecule has 1 aromatic heterocycles. The molecule has 4 nitrogen and oxygen atoms in total. The molecular weight excluding hydrogens is 252 g/mol. The van der Waals surface area contributed by atoms with Crippen molar-refractivity contribution in [3.05, 3.63) is 30.5 Å². The molecule has 1 aliphatic rings. The number of carbonyl (C=O) groups excluding carboxylic acids is 1. The summed E-state index contributed by atoms with van der Waals surface area (Å²) in [7, 11) is 0. The second kappa shape index (κ2) is 5.57. The average Bonchev–Trinajstić information content (AvgIpc) is 3.16. The molecule has 1 amide bonds. The fourth-order valence-corrected chi connectivity index (χ4v) is 2.33. The molecule has 2 aromatic rings. The van der Waals surface area contributed by atoms with E-state index in [4.69, 9.17) is 4.74 Å². The van der Waals surface area contributed by atoms with E-state index in [2.05, 4.69) is 12.2 Å². The van der Waals surface area contributed by atoms with Crippen molar-refractivity contribution in [2.24, 2.45) is 0 Å². The zero-order valence-corrected chi connectivity index (χ0v) is 11.8. The van der Waals surface area contributed by atoms with Gasteiger partial charge in [0.15, 0.2) is 0 Å². The number of hydrogen-bond acceptors (Lipinski definition) is 2. The molecule has 3 rings (SSSR count). The van der Waals surface area contributed by atoms with Gasteiger partial charge in [-0.15, -0.1) is 0 Å². The molecule has 1 saturated carbocycles. The Morgan fingerprint density at radius 2 is 2.25 bits per heavy atom. The van der Waals surface area contributed by atoms with Gasteiger partial charge in [-0.3, -0.25) is 4.79 Å². The van der Waals surface area contributed by atoms with Gasteiger partial charge in [-0.1, -0.05) is 13.0 Å². The predicted molar refractivity (Wildman–Crippen MR) is 78.9 cm³/mol. The zero-order chi connectivity index (χ0) is 13.9. The van der Waals surface area contributed by atoms with Gasteiger partial charge < -0.3 is 14.6 Å². The lowest BCUT2D eigenvalue weighted by Crippen LogP contribution is -2.28. The van der Waals surface area contributed by atoms with Gasteiger partial charge in [-0.25, -0.2) is 0 Å². The zero-order valence-electron chi connectivity index (χ0n) is 11.8. The molecule has 1 aromatic carbocycles. The van der Waals surface area contributed by atoms with Crippen molar-refractivity contribution < 1.29 is 9.53 Å². The van der Waals surface area contributed by atoms with Gasteiger partial charge in [0.25, 0.3) is 0 Å². The van der Waals surface area contributed by atoms with Crippen LogP contribution in [0.4, 0.5) is 0 Å². The van der Waals surface area contributed by atoms with Crippen LogP contribution in [0.5, 0.6) is 5.75 Å². The molecule has 4 heteroatoms. The maximum atomic E-state index is 11.9. The number of nitrogens with one attached hydrogen (secondary N) is 1. The monoisotopic (exact) mass is 272 g/mol. The first-order chi connectivity index (χ1) is 9.78. The molecule has 1 heterocycles. The Kier molecular flexibility index (Phi) is 3.63. The van der Waals surface area contributed by atoms with E-state index in [1.165, 1.54) is 0 Å². The van der Waals surface area contributed by atoms with Crippen molar-refractivity contribution >= 4 is 16.8 Å². The van der Waals surface area contributed by atoms with Crippen LogP contribution in [0.3, 0.4) is 0 Å². The lowest BCUT2D eigenvalue weighted by atomic mass is 10.2. The van der Waals surface area contributed by atoms with E-state index >= 15 is 0 Å². The first-order valence-corrected chi connectivity index (χ1v) is 7.28. The lowest BCUT2D eigenvalue weighted by Gasteiger charge is -2.08. The van der Waals surface area contributed by atoms with Crippen molar-refractivity contribution in [1.29, 1.82) is 0 Å². The van der Waals surface area contributed by atoms with E-state index in [1.807, 2.05) is 35.0 Å². The van der Waals surface area contributed by atoms with Crippen LogP contribution in [-0.2, 0) is 11.3 Å². The van der Waals surface area contributed by atoms with E-state index in [-0.39, 0.29) is 5.91 Å². The predicted octanol–water partition coefficient (Wildman–Crippen LogP) is 2.71. The topological polar surface area (TPSA) is 43.3 Å². The number of fused-ring (bicyclic) bond motifs is 1. The van der Waals surface area contributed by atoms with Crippen molar-refractivity contribution in [3.63, 3.8) is 0 Å². The second-order valence-corrected chi connectivity index (χ2v) is 5.32. The first kappa shape index (κ1) is 13.0. The number of nitrogens with zero attached hydrogens (tertiary/aromatic N) is 1. The Hall–Kier alpha value is -1.97. The normalized spacial score (nSPS) is 14.4. The molecule has 0 radical (unpaired) electrons. The summed E-state index contributed by atoms with van der Waals surface area (Å²) >= 11 is 0. The molecule has 0 atom stereocenters. The molecule has 0 saturated heterocycles. The molecule has 0 bridgehead atoms. The molecule has 1 fully saturated rings. The fraction of sp³-hybridized carbons (Fsp3) is 0.438. The minimum atomic E-state index is 0.0879. The van der Waals surface area contributed by atoms with Gasteiger partial charge >= 0.3 is 0 Å². The van der Waals surface area contributed by atoms with Gasteiger partial charge in [0.1, 0.15) is 12.3 Å². The number of carbonyl (C=O) groups is 1. The SMILES string of the molecule is CCCOc1cccc2c1ccn2CC(=O)NC1CC1. The molecule has 106 valence electrons. The molecule has 0 aliphatic heterocycles. The summed E-state index contributed by atoms with van der Waals surface area (Å²) in [6, 6.07) is 8.41. The van der Waals surface area contributed by atoms with Crippen LogP contribution in [0.25, 0.3) is 10.9 Å². The van der Waals surface area contributed by atoms with Crippen LogP contribution < -0.4 is 10.1 Å². The molecule has 1 aliphatic carbocycles. The molecule has 1 N–H and O–H groups in total. The Bertz CT molecular complexity index is 614. The Morgan fingerprint density at radius 1 is 1.40 bits per heavy atom. The maximum Gasteiger partial charge on any atom is 0.240 e.